The zero-order valence-electron chi connectivity index (χ0n) is 10.9. The molecule has 1 atom stereocenters. The Morgan fingerprint density at radius 1 is 1.17 bits per heavy atom. The van der Waals surface area contributed by atoms with Crippen molar-refractivity contribution in [2.45, 2.75) is 13.0 Å². The van der Waals surface area contributed by atoms with Crippen LogP contribution >= 0.6 is 0 Å². The zero-order valence-corrected chi connectivity index (χ0v) is 10.9. The van der Waals surface area contributed by atoms with Gasteiger partial charge >= 0.3 is 0 Å². The number of ketones is 1. The van der Waals surface area contributed by atoms with E-state index in [2.05, 4.69) is 16.8 Å². The second-order valence-electron chi connectivity index (χ2n) is 4.89. The van der Waals surface area contributed by atoms with Gasteiger partial charge in [-0.1, -0.05) is 0 Å². The molecular weight excluding hydrogens is 231 g/mol. The maximum Gasteiger partial charge on any atom is 0.179 e. The van der Waals surface area contributed by atoms with E-state index < -0.39 is 0 Å². The highest BCUT2D eigenvalue weighted by atomic mass is 19.1. The third kappa shape index (κ3) is 2.94. The van der Waals surface area contributed by atoms with E-state index in [1.54, 1.807) is 12.1 Å². The lowest BCUT2D eigenvalue weighted by molar-refractivity contribution is 0.0738. The first-order valence-electron chi connectivity index (χ1n) is 6.30. The van der Waals surface area contributed by atoms with Crippen molar-refractivity contribution in [1.82, 2.24) is 9.80 Å². The van der Waals surface area contributed by atoms with Crippen LogP contribution in [0.1, 0.15) is 17.3 Å². The number of likely N-dealkylation sites (N-methyl/N-ethyl adjacent to an activating group) is 1. The predicted molar refractivity (Wildman–Crippen MR) is 69.3 cm³/mol. The number of hydrogen-bond donors (Lipinski definition) is 0. The minimum atomic E-state index is -0.307. The summed E-state index contributed by atoms with van der Waals surface area (Å²) in [5, 5.41) is 0. The molecule has 1 aromatic rings. The largest absolute Gasteiger partial charge is 0.304 e. The molecule has 98 valence electrons. The van der Waals surface area contributed by atoms with Crippen molar-refractivity contribution in [2.24, 2.45) is 0 Å². The Balaban J connectivity index is 2.02. The molecule has 2 rings (SSSR count). The molecule has 0 bridgehead atoms. The van der Waals surface area contributed by atoms with Crippen molar-refractivity contribution in [3.63, 3.8) is 0 Å². The average Bonchev–Trinajstić information content (AvgIpc) is 2.39. The second-order valence-corrected chi connectivity index (χ2v) is 4.89. The summed E-state index contributed by atoms with van der Waals surface area (Å²) >= 11 is 0. The lowest BCUT2D eigenvalue weighted by atomic mass is 10.0. The van der Waals surface area contributed by atoms with Crippen LogP contribution in [-0.2, 0) is 0 Å². The molecule has 0 radical (unpaired) electrons. The Hall–Kier alpha value is -1.26. The van der Waals surface area contributed by atoms with E-state index in [1.165, 1.54) is 12.1 Å². The molecule has 0 spiro atoms. The van der Waals surface area contributed by atoms with Crippen molar-refractivity contribution in [3.05, 3.63) is 35.6 Å². The van der Waals surface area contributed by atoms with Crippen LogP contribution in [0.4, 0.5) is 4.39 Å². The molecule has 1 aliphatic rings. The van der Waals surface area contributed by atoms with E-state index in [0.29, 0.717) is 5.56 Å². The SMILES string of the molecule is C[C@@H](C(=O)c1ccc(F)cc1)N1CCN(C)CC1. The summed E-state index contributed by atoms with van der Waals surface area (Å²) in [7, 11) is 2.09. The Bertz CT molecular complexity index is 410. The summed E-state index contributed by atoms with van der Waals surface area (Å²) < 4.78 is 12.8. The molecule has 1 fully saturated rings. The Kier molecular flexibility index (Phi) is 4.09. The van der Waals surface area contributed by atoms with Crippen LogP contribution in [0.25, 0.3) is 0 Å². The zero-order chi connectivity index (χ0) is 13.1. The Morgan fingerprint density at radius 3 is 2.28 bits per heavy atom. The minimum Gasteiger partial charge on any atom is -0.304 e. The van der Waals surface area contributed by atoms with Gasteiger partial charge in [-0.3, -0.25) is 9.69 Å². The molecule has 0 unspecified atom stereocenters. The highest BCUT2D eigenvalue weighted by molar-refractivity contribution is 5.99. The van der Waals surface area contributed by atoms with E-state index in [1.807, 2.05) is 6.92 Å². The van der Waals surface area contributed by atoms with Gasteiger partial charge < -0.3 is 4.90 Å². The standard InChI is InChI=1S/C14H19FN2O/c1-11(17-9-7-16(2)8-10-17)14(18)12-3-5-13(15)6-4-12/h3-6,11H,7-10H2,1-2H3/t11-/m0/s1. The van der Waals surface area contributed by atoms with Crippen LogP contribution < -0.4 is 0 Å². The van der Waals surface area contributed by atoms with Gasteiger partial charge in [0.15, 0.2) is 5.78 Å². The average molecular weight is 250 g/mol. The van der Waals surface area contributed by atoms with Crippen LogP contribution in [0.15, 0.2) is 24.3 Å². The van der Waals surface area contributed by atoms with Gasteiger partial charge in [0.25, 0.3) is 0 Å². The predicted octanol–water partition coefficient (Wildman–Crippen LogP) is 1.64. The fraction of sp³-hybridized carbons (Fsp3) is 0.500. The van der Waals surface area contributed by atoms with Crippen molar-refractivity contribution < 1.29 is 9.18 Å². The summed E-state index contributed by atoms with van der Waals surface area (Å²) in [6, 6.07) is 5.66. The number of nitrogens with zero attached hydrogens (tertiary/aromatic N) is 2. The summed E-state index contributed by atoms with van der Waals surface area (Å²) in [5.74, 6) is -0.238. The molecule has 1 heterocycles. The monoisotopic (exact) mass is 250 g/mol. The molecule has 1 saturated heterocycles. The van der Waals surface area contributed by atoms with E-state index >= 15 is 0 Å². The lowest BCUT2D eigenvalue weighted by Crippen LogP contribution is -2.50. The van der Waals surface area contributed by atoms with Crippen molar-refractivity contribution >= 4 is 5.78 Å². The first kappa shape index (κ1) is 13.2. The maximum atomic E-state index is 12.8. The van der Waals surface area contributed by atoms with Crippen molar-refractivity contribution in [1.29, 1.82) is 0 Å². The number of hydrogen-bond acceptors (Lipinski definition) is 3. The van der Waals surface area contributed by atoms with Crippen LogP contribution in [0, 0.1) is 5.82 Å². The number of halogens is 1. The van der Waals surface area contributed by atoms with E-state index in [-0.39, 0.29) is 17.6 Å². The molecule has 18 heavy (non-hydrogen) atoms. The summed E-state index contributed by atoms with van der Waals surface area (Å²) in [4.78, 5) is 16.7. The van der Waals surface area contributed by atoms with Crippen LogP contribution in [-0.4, -0.2) is 54.9 Å². The van der Waals surface area contributed by atoms with Crippen molar-refractivity contribution in [3.8, 4) is 0 Å². The smallest absolute Gasteiger partial charge is 0.179 e. The number of carbonyl (C=O) groups excluding carboxylic acids is 1. The van der Waals surface area contributed by atoms with Gasteiger partial charge in [-0.05, 0) is 38.2 Å². The number of rotatable bonds is 3. The van der Waals surface area contributed by atoms with Gasteiger partial charge in [0.2, 0.25) is 0 Å². The molecule has 3 nitrogen and oxygen atoms in total. The van der Waals surface area contributed by atoms with Gasteiger partial charge in [-0.2, -0.15) is 0 Å². The molecule has 1 aromatic carbocycles. The van der Waals surface area contributed by atoms with E-state index in [4.69, 9.17) is 0 Å². The minimum absolute atomic E-state index is 0.0690. The molecule has 1 aliphatic heterocycles. The van der Waals surface area contributed by atoms with Crippen LogP contribution in [0.2, 0.25) is 0 Å². The van der Waals surface area contributed by atoms with E-state index in [0.717, 1.165) is 26.2 Å². The third-order valence-corrected chi connectivity index (χ3v) is 3.59. The fourth-order valence-electron chi connectivity index (χ4n) is 2.23. The normalized spacial score (nSPS) is 19.7. The molecule has 0 N–H and O–H groups in total. The summed E-state index contributed by atoms with van der Waals surface area (Å²) in [6.45, 7) is 5.72. The van der Waals surface area contributed by atoms with Gasteiger partial charge in [-0.25, -0.2) is 4.39 Å². The first-order valence-corrected chi connectivity index (χ1v) is 6.30. The highest BCUT2D eigenvalue weighted by Gasteiger charge is 2.24. The molecule has 4 heteroatoms. The lowest BCUT2D eigenvalue weighted by Gasteiger charge is -2.35. The molecular formula is C14H19FN2O. The van der Waals surface area contributed by atoms with Crippen LogP contribution in [0.5, 0.6) is 0 Å². The highest BCUT2D eigenvalue weighted by Crippen LogP contribution is 2.12. The van der Waals surface area contributed by atoms with Crippen LogP contribution in [0.3, 0.4) is 0 Å². The summed E-state index contributed by atoms with van der Waals surface area (Å²) in [6.07, 6.45) is 0. The molecule has 0 aromatic heterocycles. The van der Waals surface area contributed by atoms with Crippen molar-refractivity contribution in [2.75, 3.05) is 33.2 Å². The molecule has 0 saturated carbocycles. The fourth-order valence-corrected chi connectivity index (χ4v) is 2.23. The number of piperazine rings is 1. The topological polar surface area (TPSA) is 23.6 Å². The van der Waals surface area contributed by atoms with E-state index in [9.17, 15) is 9.18 Å². The first-order chi connectivity index (χ1) is 8.58. The summed E-state index contributed by atoms with van der Waals surface area (Å²) in [5.41, 5.74) is 0.586. The Morgan fingerprint density at radius 2 is 1.72 bits per heavy atom. The second kappa shape index (κ2) is 5.59. The van der Waals surface area contributed by atoms with Gasteiger partial charge in [0.1, 0.15) is 5.82 Å². The number of benzene rings is 1. The van der Waals surface area contributed by atoms with Gasteiger partial charge in [0, 0.05) is 31.7 Å². The number of carbonyl (C=O) groups is 1. The molecule has 0 aliphatic carbocycles. The Labute approximate surface area is 107 Å². The quantitative estimate of drug-likeness (QED) is 0.762. The third-order valence-electron chi connectivity index (χ3n) is 3.59. The van der Waals surface area contributed by atoms with Gasteiger partial charge in [0.05, 0.1) is 6.04 Å². The maximum absolute atomic E-state index is 12.8. The van der Waals surface area contributed by atoms with Gasteiger partial charge in [-0.15, -0.1) is 0 Å². The number of Topliss-reactive ketones (excluding diaryl/α,β-unsaturated/α-hetero) is 1. The molecule has 0 amide bonds.